The third-order valence-electron chi connectivity index (χ3n) is 5.82. The van der Waals surface area contributed by atoms with E-state index in [9.17, 15) is 14.0 Å². The number of hydrogen-bond acceptors (Lipinski definition) is 5. The van der Waals surface area contributed by atoms with Gasteiger partial charge in [-0.05, 0) is 57.7 Å². The van der Waals surface area contributed by atoms with Crippen molar-refractivity contribution in [2.24, 2.45) is 11.8 Å². The first-order valence-corrected chi connectivity index (χ1v) is 10.7. The number of benzene rings is 1. The van der Waals surface area contributed by atoms with Gasteiger partial charge in [0.1, 0.15) is 17.0 Å². The molecule has 7 nitrogen and oxygen atoms in total. The second-order valence-corrected chi connectivity index (χ2v) is 9.56. The Balaban J connectivity index is 1.46. The van der Waals surface area contributed by atoms with Gasteiger partial charge in [-0.2, -0.15) is 0 Å². The van der Waals surface area contributed by atoms with Crippen LogP contribution in [0.3, 0.4) is 0 Å². The Kier molecular flexibility index (Phi) is 5.68. The molecule has 1 saturated heterocycles. The highest BCUT2D eigenvalue weighted by atomic mass is 35.5. The van der Waals surface area contributed by atoms with Gasteiger partial charge in [-0.25, -0.2) is 9.18 Å². The molecule has 1 aromatic heterocycles. The predicted molar refractivity (Wildman–Crippen MR) is 112 cm³/mol. The van der Waals surface area contributed by atoms with E-state index in [4.69, 9.17) is 20.9 Å². The molecule has 0 unspecified atom stereocenters. The number of ether oxygens (including phenoxy) is 1. The number of aromatic nitrogens is 1. The molecule has 0 bridgehead atoms. The lowest BCUT2D eigenvalue weighted by Crippen LogP contribution is -2.42. The highest BCUT2D eigenvalue weighted by Crippen LogP contribution is 2.40. The van der Waals surface area contributed by atoms with Crippen molar-refractivity contribution in [1.29, 1.82) is 0 Å². The van der Waals surface area contributed by atoms with E-state index in [1.54, 1.807) is 4.90 Å². The molecule has 166 valence electrons. The summed E-state index contributed by atoms with van der Waals surface area (Å²) >= 11 is 6.14. The van der Waals surface area contributed by atoms with E-state index in [-0.39, 0.29) is 34.2 Å². The summed E-state index contributed by atoms with van der Waals surface area (Å²) in [5.74, 6) is -0.00891. The van der Waals surface area contributed by atoms with E-state index in [1.807, 2.05) is 20.8 Å². The highest BCUT2D eigenvalue weighted by molar-refractivity contribution is 6.33. The molecule has 9 heteroatoms. The Morgan fingerprint density at radius 1 is 1.29 bits per heavy atom. The number of hydrogen-bond donors (Lipinski definition) is 1. The molecule has 1 aliphatic carbocycles. The van der Waals surface area contributed by atoms with Gasteiger partial charge in [-0.15, -0.1) is 0 Å². The van der Waals surface area contributed by atoms with Gasteiger partial charge < -0.3 is 19.5 Å². The van der Waals surface area contributed by atoms with Crippen LogP contribution in [-0.2, 0) is 4.74 Å². The van der Waals surface area contributed by atoms with E-state index < -0.39 is 17.5 Å². The van der Waals surface area contributed by atoms with Gasteiger partial charge >= 0.3 is 6.09 Å². The number of amides is 2. The average Bonchev–Trinajstić information content (AvgIpc) is 3.36. The maximum Gasteiger partial charge on any atom is 0.407 e. The Morgan fingerprint density at radius 2 is 2.06 bits per heavy atom. The number of nitrogens with zero attached hydrogens (tertiary/aromatic N) is 2. The van der Waals surface area contributed by atoms with Gasteiger partial charge in [0.15, 0.2) is 5.76 Å². The minimum atomic E-state index is -0.563. The van der Waals surface area contributed by atoms with Crippen LogP contribution in [0.1, 0.15) is 44.0 Å². The van der Waals surface area contributed by atoms with E-state index >= 15 is 0 Å². The summed E-state index contributed by atoms with van der Waals surface area (Å²) in [6, 6.07) is 3.85. The van der Waals surface area contributed by atoms with Crippen molar-refractivity contribution in [3.63, 3.8) is 0 Å². The van der Waals surface area contributed by atoms with Crippen LogP contribution < -0.4 is 5.32 Å². The molecule has 2 fully saturated rings. The van der Waals surface area contributed by atoms with Crippen LogP contribution >= 0.6 is 11.6 Å². The molecule has 3 atom stereocenters. The summed E-state index contributed by atoms with van der Waals surface area (Å²) in [5, 5.41) is 6.88. The van der Waals surface area contributed by atoms with E-state index in [0.717, 1.165) is 12.8 Å². The van der Waals surface area contributed by atoms with Gasteiger partial charge in [-0.3, -0.25) is 4.79 Å². The molecule has 1 aliphatic heterocycles. The lowest BCUT2D eigenvalue weighted by Gasteiger charge is -2.25. The SMILES string of the molecule is CC(C)(C)OC(=O)N[C@@H]1CC[C@@H]2CN(C(=O)c3cnoc3-c3ccc(F)cc3Cl)C[C@@H]21. The fourth-order valence-corrected chi connectivity index (χ4v) is 4.75. The molecule has 2 heterocycles. The zero-order valence-corrected chi connectivity index (χ0v) is 18.4. The molecule has 2 aromatic rings. The summed E-state index contributed by atoms with van der Waals surface area (Å²) < 4.78 is 24.1. The third-order valence-corrected chi connectivity index (χ3v) is 6.14. The van der Waals surface area contributed by atoms with Crippen LogP contribution in [0.25, 0.3) is 11.3 Å². The van der Waals surface area contributed by atoms with E-state index in [2.05, 4.69) is 10.5 Å². The summed E-state index contributed by atoms with van der Waals surface area (Å²) in [4.78, 5) is 27.2. The Morgan fingerprint density at radius 3 is 2.77 bits per heavy atom. The zero-order chi connectivity index (χ0) is 22.3. The van der Waals surface area contributed by atoms with Crippen LogP contribution in [0.4, 0.5) is 9.18 Å². The predicted octanol–water partition coefficient (Wildman–Crippen LogP) is 4.51. The molecular formula is C22H25ClFN3O4. The van der Waals surface area contributed by atoms with E-state index in [1.165, 1.54) is 24.4 Å². The molecule has 4 rings (SSSR count). The normalized spacial score (nSPS) is 23.0. The first-order valence-electron chi connectivity index (χ1n) is 10.3. The van der Waals surface area contributed by atoms with Crippen molar-refractivity contribution in [2.75, 3.05) is 13.1 Å². The van der Waals surface area contributed by atoms with E-state index in [0.29, 0.717) is 24.6 Å². The fraction of sp³-hybridized carbons (Fsp3) is 0.500. The molecule has 1 aromatic carbocycles. The number of nitrogens with one attached hydrogen (secondary N) is 1. The van der Waals surface area contributed by atoms with Crippen molar-refractivity contribution in [3.8, 4) is 11.3 Å². The number of halogens is 2. The molecule has 2 aliphatic rings. The summed E-state index contributed by atoms with van der Waals surface area (Å²) in [5.41, 5.74) is 0.129. The molecule has 1 N–H and O–H groups in total. The minimum absolute atomic E-state index is 0.0360. The van der Waals surface area contributed by atoms with Crippen LogP contribution in [0.2, 0.25) is 5.02 Å². The number of alkyl carbamates (subject to hydrolysis) is 1. The molecule has 0 radical (unpaired) electrons. The highest BCUT2D eigenvalue weighted by Gasteiger charge is 2.45. The second-order valence-electron chi connectivity index (χ2n) is 9.16. The molecule has 1 saturated carbocycles. The number of likely N-dealkylation sites (tertiary alicyclic amines) is 1. The maximum absolute atomic E-state index is 13.4. The Labute approximate surface area is 184 Å². The van der Waals surface area contributed by atoms with Crippen molar-refractivity contribution in [3.05, 3.63) is 40.8 Å². The molecular weight excluding hydrogens is 425 g/mol. The molecule has 0 spiro atoms. The average molecular weight is 450 g/mol. The summed E-state index contributed by atoms with van der Waals surface area (Å²) in [6.07, 6.45) is 2.72. The van der Waals surface area contributed by atoms with Crippen molar-refractivity contribution >= 4 is 23.6 Å². The van der Waals surface area contributed by atoms with Crippen LogP contribution in [0.5, 0.6) is 0 Å². The lowest BCUT2D eigenvalue weighted by atomic mass is 9.98. The monoisotopic (exact) mass is 449 g/mol. The van der Waals surface area contributed by atoms with Crippen molar-refractivity contribution in [1.82, 2.24) is 15.4 Å². The van der Waals surface area contributed by atoms with Gasteiger partial charge in [0, 0.05) is 30.6 Å². The van der Waals surface area contributed by atoms with Crippen molar-refractivity contribution in [2.45, 2.75) is 45.3 Å². The Hall–Kier alpha value is -2.61. The van der Waals surface area contributed by atoms with Crippen LogP contribution in [0.15, 0.2) is 28.9 Å². The number of rotatable bonds is 3. The number of fused-ring (bicyclic) bond motifs is 1. The number of carbonyl (C=O) groups excluding carboxylic acids is 2. The first-order chi connectivity index (χ1) is 14.6. The van der Waals surface area contributed by atoms with Crippen molar-refractivity contribution < 1.29 is 23.2 Å². The quantitative estimate of drug-likeness (QED) is 0.745. The second kappa shape index (κ2) is 8.15. The van der Waals surface area contributed by atoms with Gasteiger partial charge in [0.25, 0.3) is 5.91 Å². The molecule has 2 amide bonds. The van der Waals surface area contributed by atoms with Gasteiger partial charge in [0.05, 0.1) is 11.2 Å². The molecule has 31 heavy (non-hydrogen) atoms. The van der Waals surface area contributed by atoms with Gasteiger partial charge in [0.2, 0.25) is 0 Å². The zero-order valence-electron chi connectivity index (χ0n) is 17.7. The smallest absolute Gasteiger partial charge is 0.407 e. The standard InChI is InChI=1S/C22H25ClFN3O4/c1-22(2,3)30-21(29)26-18-7-4-12-10-27(11-16(12)18)20(28)15-9-25-31-19(15)14-6-5-13(24)8-17(14)23/h5-6,8-9,12,16,18H,4,7,10-11H2,1-3H3,(H,26,29)/t12-,16+,18-/m1/s1. The fourth-order valence-electron chi connectivity index (χ4n) is 4.50. The summed E-state index contributed by atoms with van der Waals surface area (Å²) in [6.45, 7) is 6.58. The third kappa shape index (κ3) is 4.54. The largest absolute Gasteiger partial charge is 0.444 e. The lowest BCUT2D eigenvalue weighted by molar-refractivity contribution is 0.0491. The number of carbonyl (C=O) groups is 2. The van der Waals surface area contributed by atoms with Crippen LogP contribution in [0, 0.1) is 17.7 Å². The van der Waals surface area contributed by atoms with Gasteiger partial charge in [-0.1, -0.05) is 16.8 Å². The first kappa shape index (κ1) is 21.6. The topological polar surface area (TPSA) is 84.7 Å². The minimum Gasteiger partial charge on any atom is -0.444 e. The summed E-state index contributed by atoms with van der Waals surface area (Å²) in [7, 11) is 0. The van der Waals surface area contributed by atoms with Crippen LogP contribution in [-0.4, -0.2) is 46.8 Å². The Bertz CT molecular complexity index is 1000. The maximum atomic E-state index is 13.4.